The molecule has 1 aliphatic carbocycles. The lowest BCUT2D eigenvalue weighted by Gasteiger charge is -2.29. The number of carboxylic acid groups (broad SMARTS) is 1. The molecule has 1 atom stereocenters. The van der Waals surface area contributed by atoms with Gasteiger partial charge in [-0.15, -0.1) is 0 Å². The predicted molar refractivity (Wildman–Crippen MR) is 49.2 cm³/mol. The molecule has 0 saturated heterocycles. The monoisotopic (exact) mass is 216 g/mol. The summed E-state index contributed by atoms with van der Waals surface area (Å²) in [7, 11) is 0. The standard InChI is InChI=1S/C9H12O6/c1-2-15-9(14)4-5(8(12)13)3-6(10)7(9)11/h3,10-11,14H,2,4H2,1H3,(H,12,13). The highest BCUT2D eigenvalue weighted by atomic mass is 16.6. The third-order valence-electron chi connectivity index (χ3n) is 2.01. The first-order valence-corrected chi connectivity index (χ1v) is 4.33. The first-order valence-electron chi connectivity index (χ1n) is 4.33. The second-order valence-electron chi connectivity index (χ2n) is 3.10. The fourth-order valence-electron chi connectivity index (χ4n) is 1.32. The Morgan fingerprint density at radius 1 is 1.60 bits per heavy atom. The summed E-state index contributed by atoms with van der Waals surface area (Å²) in [6.07, 6.45) is 0.469. The molecule has 0 bridgehead atoms. The number of allylic oxidation sites excluding steroid dienone is 1. The van der Waals surface area contributed by atoms with E-state index in [1.54, 1.807) is 6.92 Å². The van der Waals surface area contributed by atoms with Crippen molar-refractivity contribution >= 4 is 5.97 Å². The van der Waals surface area contributed by atoms with Gasteiger partial charge in [0.05, 0.1) is 0 Å². The van der Waals surface area contributed by atoms with E-state index < -0.39 is 29.7 Å². The Morgan fingerprint density at radius 3 is 2.67 bits per heavy atom. The largest absolute Gasteiger partial charge is 0.504 e. The van der Waals surface area contributed by atoms with Crippen molar-refractivity contribution in [3.05, 3.63) is 23.2 Å². The number of hydrogen-bond donors (Lipinski definition) is 4. The molecule has 0 fully saturated rings. The SMILES string of the molecule is CCOC1(O)CC(C(=O)O)=CC(O)=C1O. The van der Waals surface area contributed by atoms with Crippen LogP contribution in [0.1, 0.15) is 13.3 Å². The number of aliphatic hydroxyl groups excluding tert-OH is 2. The van der Waals surface area contributed by atoms with Crippen molar-refractivity contribution in [1.29, 1.82) is 0 Å². The Kier molecular flexibility index (Phi) is 3.01. The topological polar surface area (TPSA) is 107 Å². The molecule has 1 unspecified atom stereocenters. The van der Waals surface area contributed by atoms with Crippen molar-refractivity contribution in [3.8, 4) is 0 Å². The van der Waals surface area contributed by atoms with Gasteiger partial charge in [-0.05, 0) is 13.0 Å². The molecule has 0 aliphatic heterocycles. The van der Waals surface area contributed by atoms with Crippen LogP contribution < -0.4 is 0 Å². The zero-order chi connectivity index (χ0) is 11.6. The zero-order valence-electron chi connectivity index (χ0n) is 8.10. The third-order valence-corrected chi connectivity index (χ3v) is 2.01. The summed E-state index contributed by atoms with van der Waals surface area (Å²) in [6.45, 7) is 1.64. The quantitative estimate of drug-likeness (QED) is 0.510. The second kappa shape index (κ2) is 3.92. The number of carbonyl (C=O) groups is 1. The molecule has 6 nitrogen and oxygen atoms in total. The van der Waals surface area contributed by atoms with Crippen molar-refractivity contribution in [2.45, 2.75) is 19.1 Å². The predicted octanol–water partition coefficient (Wildman–Crippen LogP) is 0.454. The van der Waals surface area contributed by atoms with Crippen LogP contribution in [0, 0.1) is 0 Å². The summed E-state index contributed by atoms with van der Waals surface area (Å²) >= 11 is 0. The third kappa shape index (κ3) is 2.11. The number of carboxylic acids is 1. The van der Waals surface area contributed by atoms with Crippen molar-refractivity contribution in [1.82, 2.24) is 0 Å². The van der Waals surface area contributed by atoms with Gasteiger partial charge in [-0.1, -0.05) is 0 Å². The highest BCUT2D eigenvalue weighted by Gasteiger charge is 2.40. The van der Waals surface area contributed by atoms with Gasteiger partial charge in [0, 0.05) is 18.6 Å². The highest BCUT2D eigenvalue weighted by Crippen LogP contribution is 2.31. The molecule has 0 radical (unpaired) electrons. The van der Waals surface area contributed by atoms with Crippen LogP contribution in [0.3, 0.4) is 0 Å². The minimum absolute atomic E-state index is 0.0702. The molecule has 0 spiro atoms. The number of aliphatic carboxylic acids is 1. The van der Waals surface area contributed by atoms with Gasteiger partial charge in [0.15, 0.2) is 11.5 Å². The van der Waals surface area contributed by atoms with E-state index >= 15 is 0 Å². The van der Waals surface area contributed by atoms with Crippen LogP contribution in [0.2, 0.25) is 0 Å². The molecule has 0 saturated carbocycles. The Bertz CT molecular complexity index is 343. The van der Waals surface area contributed by atoms with Crippen LogP contribution in [0.4, 0.5) is 0 Å². The Balaban J connectivity index is 3.08. The van der Waals surface area contributed by atoms with Gasteiger partial charge in [0.2, 0.25) is 5.79 Å². The molecule has 1 rings (SSSR count). The molecule has 0 heterocycles. The van der Waals surface area contributed by atoms with E-state index in [1.165, 1.54) is 0 Å². The molecular weight excluding hydrogens is 204 g/mol. The van der Waals surface area contributed by atoms with E-state index in [2.05, 4.69) is 0 Å². The summed E-state index contributed by atoms with van der Waals surface area (Å²) in [4.78, 5) is 10.6. The molecule has 1 aliphatic rings. The van der Waals surface area contributed by atoms with Gasteiger partial charge in [0.25, 0.3) is 0 Å². The van der Waals surface area contributed by atoms with E-state index in [-0.39, 0.29) is 12.2 Å². The first kappa shape index (κ1) is 11.5. The van der Waals surface area contributed by atoms with Crippen molar-refractivity contribution in [2.75, 3.05) is 6.61 Å². The van der Waals surface area contributed by atoms with Crippen molar-refractivity contribution < 1.29 is 30.0 Å². The smallest absolute Gasteiger partial charge is 0.331 e. The number of rotatable bonds is 3. The van der Waals surface area contributed by atoms with E-state index in [1.807, 2.05) is 0 Å². The highest BCUT2D eigenvalue weighted by molar-refractivity contribution is 5.87. The van der Waals surface area contributed by atoms with Crippen LogP contribution in [-0.4, -0.2) is 38.8 Å². The lowest BCUT2D eigenvalue weighted by Crippen LogP contribution is -2.39. The average molecular weight is 216 g/mol. The van der Waals surface area contributed by atoms with Gasteiger partial charge in [-0.3, -0.25) is 0 Å². The normalized spacial score (nSPS) is 26.4. The van der Waals surface area contributed by atoms with Gasteiger partial charge in [-0.2, -0.15) is 0 Å². The van der Waals surface area contributed by atoms with Crippen LogP contribution in [-0.2, 0) is 9.53 Å². The molecule has 0 amide bonds. The molecule has 0 aromatic rings. The minimum atomic E-state index is -2.15. The molecule has 84 valence electrons. The van der Waals surface area contributed by atoms with E-state index in [9.17, 15) is 20.1 Å². The zero-order valence-corrected chi connectivity index (χ0v) is 8.10. The van der Waals surface area contributed by atoms with Gasteiger partial charge in [0.1, 0.15) is 0 Å². The van der Waals surface area contributed by atoms with E-state index in [0.717, 1.165) is 6.08 Å². The summed E-state index contributed by atoms with van der Waals surface area (Å²) in [5.74, 6) is -4.91. The fraction of sp³-hybridized carbons (Fsp3) is 0.444. The van der Waals surface area contributed by atoms with Crippen LogP contribution in [0.15, 0.2) is 23.2 Å². The average Bonchev–Trinajstić information content (AvgIpc) is 2.14. The lowest BCUT2D eigenvalue weighted by molar-refractivity contribution is -0.195. The van der Waals surface area contributed by atoms with Crippen molar-refractivity contribution in [2.24, 2.45) is 0 Å². The summed E-state index contributed by atoms with van der Waals surface area (Å²) in [5.41, 5.74) is -0.235. The Labute approximate surface area is 85.7 Å². The minimum Gasteiger partial charge on any atom is -0.504 e. The summed E-state index contributed by atoms with van der Waals surface area (Å²) < 4.78 is 4.82. The molecule has 0 aromatic carbocycles. The maximum absolute atomic E-state index is 10.6. The van der Waals surface area contributed by atoms with Gasteiger partial charge < -0.3 is 25.2 Å². The second-order valence-corrected chi connectivity index (χ2v) is 3.10. The molecule has 4 N–H and O–H groups in total. The first-order chi connectivity index (χ1) is 6.90. The molecule has 15 heavy (non-hydrogen) atoms. The van der Waals surface area contributed by atoms with Crippen LogP contribution in [0.5, 0.6) is 0 Å². The number of ether oxygens (including phenoxy) is 1. The van der Waals surface area contributed by atoms with Crippen LogP contribution >= 0.6 is 0 Å². The molecular formula is C9H12O6. The Morgan fingerprint density at radius 2 is 2.20 bits per heavy atom. The van der Waals surface area contributed by atoms with Crippen molar-refractivity contribution in [3.63, 3.8) is 0 Å². The van der Waals surface area contributed by atoms with Gasteiger partial charge in [-0.25, -0.2) is 4.79 Å². The van der Waals surface area contributed by atoms with E-state index in [4.69, 9.17) is 9.84 Å². The molecule has 6 heteroatoms. The fourth-order valence-corrected chi connectivity index (χ4v) is 1.32. The summed E-state index contributed by atoms with van der Waals surface area (Å²) in [6, 6.07) is 0. The van der Waals surface area contributed by atoms with Crippen LogP contribution in [0.25, 0.3) is 0 Å². The maximum atomic E-state index is 10.6. The Hall–Kier alpha value is -1.53. The summed E-state index contributed by atoms with van der Waals surface area (Å²) in [5, 5.41) is 37.0. The molecule has 0 aromatic heterocycles. The maximum Gasteiger partial charge on any atom is 0.331 e. The number of hydrogen-bond acceptors (Lipinski definition) is 5. The lowest BCUT2D eigenvalue weighted by atomic mass is 9.96. The van der Waals surface area contributed by atoms with E-state index in [0.29, 0.717) is 0 Å². The van der Waals surface area contributed by atoms with Gasteiger partial charge >= 0.3 is 5.97 Å². The number of aliphatic hydroxyl groups is 3.